The molecule has 0 aromatic heterocycles. The largest absolute Gasteiger partial charge is 0.497 e. The number of likely N-dealkylation sites (tertiary alicyclic amines) is 1. The number of hydrogen-bond donors (Lipinski definition) is 2. The molecule has 9 heteroatoms. The molecule has 1 aromatic rings. The lowest BCUT2D eigenvalue weighted by atomic mass is 9.91. The summed E-state index contributed by atoms with van der Waals surface area (Å²) in [6.07, 6.45) is 7.12. The number of benzene rings is 1. The van der Waals surface area contributed by atoms with E-state index in [1.165, 1.54) is 37.0 Å². The quantitative estimate of drug-likeness (QED) is 0.459. The van der Waals surface area contributed by atoms with Crippen LogP contribution in [0.25, 0.3) is 0 Å². The normalized spacial score (nSPS) is 19.2. The van der Waals surface area contributed by atoms with E-state index in [9.17, 15) is 14.4 Å². The van der Waals surface area contributed by atoms with Crippen molar-refractivity contribution in [3.8, 4) is 5.75 Å². The third kappa shape index (κ3) is 9.43. The topological polar surface area (TPSA) is 97.0 Å². The second kappa shape index (κ2) is 13.9. The van der Waals surface area contributed by atoms with Crippen LogP contribution in [-0.2, 0) is 20.9 Å². The molecule has 3 amide bonds. The molecule has 1 aliphatic heterocycles. The van der Waals surface area contributed by atoms with Crippen molar-refractivity contribution >= 4 is 29.7 Å². The summed E-state index contributed by atoms with van der Waals surface area (Å²) in [4.78, 5) is 40.7. The smallest absolute Gasteiger partial charge is 0.410 e. The van der Waals surface area contributed by atoms with E-state index in [4.69, 9.17) is 9.47 Å². The monoisotopic (exact) mass is 533 g/mol. The molecular formula is C28H43N3O5S. The first-order valence-corrected chi connectivity index (χ1v) is 14.6. The average molecular weight is 534 g/mol. The molecule has 0 radical (unpaired) electrons. The summed E-state index contributed by atoms with van der Waals surface area (Å²) in [6, 6.07) is 6.21. The Morgan fingerprint density at radius 2 is 1.76 bits per heavy atom. The number of nitrogens with zero attached hydrogens (tertiary/aromatic N) is 1. The molecule has 1 aromatic carbocycles. The van der Waals surface area contributed by atoms with Gasteiger partial charge in [0.1, 0.15) is 23.4 Å². The molecule has 2 N–H and O–H groups in total. The predicted octanol–water partition coefficient (Wildman–Crippen LogP) is 4.51. The van der Waals surface area contributed by atoms with Gasteiger partial charge in [0.25, 0.3) is 0 Å². The van der Waals surface area contributed by atoms with Crippen LogP contribution < -0.4 is 15.4 Å². The highest BCUT2D eigenvalue weighted by atomic mass is 32.2. The minimum Gasteiger partial charge on any atom is -0.497 e. The van der Waals surface area contributed by atoms with Gasteiger partial charge >= 0.3 is 6.09 Å². The Labute approximate surface area is 225 Å². The van der Waals surface area contributed by atoms with E-state index in [1.807, 2.05) is 45.0 Å². The number of thioether (sulfide) groups is 1. The second-order valence-electron chi connectivity index (χ2n) is 11.0. The average Bonchev–Trinajstić information content (AvgIpc) is 3.37. The van der Waals surface area contributed by atoms with Gasteiger partial charge in [-0.3, -0.25) is 14.5 Å². The molecule has 3 rings (SSSR count). The first kappa shape index (κ1) is 29.1. The molecule has 2 fully saturated rings. The molecule has 1 saturated heterocycles. The van der Waals surface area contributed by atoms with Crippen molar-refractivity contribution in [2.24, 2.45) is 5.92 Å². The van der Waals surface area contributed by atoms with Crippen LogP contribution in [0.5, 0.6) is 5.75 Å². The maximum atomic E-state index is 13.3. The van der Waals surface area contributed by atoms with Crippen LogP contribution in [0.4, 0.5) is 4.79 Å². The highest BCUT2D eigenvalue weighted by Crippen LogP contribution is 2.27. The van der Waals surface area contributed by atoms with Crippen molar-refractivity contribution in [1.29, 1.82) is 0 Å². The number of amides is 3. The third-order valence-corrected chi connectivity index (χ3v) is 8.08. The zero-order valence-corrected chi connectivity index (χ0v) is 23.5. The van der Waals surface area contributed by atoms with Crippen molar-refractivity contribution in [3.05, 3.63) is 29.8 Å². The highest BCUT2D eigenvalue weighted by Gasteiger charge is 2.38. The van der Waals surface area contributed by atoms with Crippen molar-refractivity contribution in [2.75, 3.05) is 25.2 Å². The van der Waals surface area contributed by atoms with Gasteiger partial charge in [-0.15, -0.1) is 0 Å². The number of ether oxygens (including phenoxy) is 2. The Morgan fingerprint density at radius 3 is 2.41 bits per heavy atom. The Balaban J connectivity index is 1.61. The molecule has 8 nitrogen and oxygen atoms in total. The number of carbonyl (C=O) groups excluding carboxylic acids is 3. The molecule has 2 unspecified atom stereocenters. The van der Waals surface area contributed by atoms with Crippen molar-refractivity contribution < 1.29 is 23.9 Å². The van der Waals surface area contributed by atoms with Gasteiger partial charge < -0.3 is 20.1 Å². The van der Waals surface area contributed by atoms with Crippen LogP contribution in [0.15, 0.2) is 24.3 Å². The van der Waals surface area contributed by atoms with Gasteiger partial charge in [-0.2, -0.15) is 11.8 Å². The summed E-state index contributed by atoms with van der Waals surface area (Å²) in [7, 11) is 1.61. The van der Waals surface area contributed by atoms with Crippen LogP contribution in [0.3, 0.4) is 0 Å². The van der Waals surface area contributed by atoms with Gasteiger partial charge in [0.15, 0.2) is 0 Å². The van der Waals surface area contributed by atoms with E-state index >= 15 is 0 Å². The zero-order valence-electron chi connectivity index (χ0n) is 22.7. The van der Waals surface area contributed by atoms with Gasteiger partial charge in [0.2, 0.25) is 11.8 Å². The van der Waals surface area contributed by atoms with Gasteiger partial charge in [-0.05, 0) is 75.8 Å². The Morgan fingerprint density at radius 1 is 1.05 bits per heavy atom. The lowest BCUT2D eigenvalue weighted by Crippen LogP contribution is -2.54. The molecule has 1 saturated carbocycles. The van der Waals surface area contributed by atoms with Crippen molar-refractivity contribution in [3.63, 3.8) is 0 Å². The maximum Gasteiger partial charge on any atom is 0.410 e. The molecule has 1 heterocycles. The Hall–Kier alpha value is -2.42. The summed E-state index contributed by atoms with van der Waals surface area (Å²) in [5.41, 5.74) is 0.307. The second-order valence-corrected chi connectivity index (χ2v) is 12.1. The lowest BCUT2D eigenvalue weighted by Gasteiger charge is -2.29. The fraction of sp³-hybridized carbons (Fsp3) is 0.679. The summed E-state index contributed by atoms with van der Waals surface area (Å²) < 4.78 is 10.7. The first-order valence-electron chi connectivity index (χ1n) is 13.4. The van der Waals surface area contributed by atoms with Crippen LogP contribution in [0, 0.1) is 5.92 Å². The number of nitrogens with one attached hydrogen (secondary N) is 2. The van der Waals surface area contributed by atoms with Crippen molar-refractivity contribution in [1.82, 2.24) is 15.5 Å². The summed E-state index contributed by atoms with van der Waals surface area (Å²) >= 11 is 1.72. The minimum absolute atomic E-state index is 0.220. The van der Waals surface area contributed by atoms with Crippen LogP contribution in [0.1, 0.15) is 71.3 Å². The Kier molecular flexibility index (Phi) is 11.0. The van der Waals surface area contributed by atoms with Crippen LogP contribution in [-0.4, -0.2) is 65.7 Å². The van der Waals surface area contributed by atoms with Gasteiger partial charge in [0, 0.05) is 18.8 Å². The fourth-order valence-electron chi connectivity index (χ4n) is 4.79. The molecule has 1 aliphatic carbocycles. The third-order valence-electron chi connectivity index (χ3n) is 6.81. The maximum absolute atomic E-state index is 13.3. The number of carbonyl (C=O) groups is 3. The standard InChI is InChI=1S/C28H43N3O5S/c1-28(2,3)36-27(34)31-16-8-11-24(31)26(33)30-23(19-37-18-21-9-6-5-7-10-21)25(32)29-17-20-12-14-22(35-4)15-13-20/h12-15,21,23-24H,5-11,16-19H2,1-4H3,(H,29,32)(H,30,33). The van der Waals surface area contributed by atoms with E-state index in [2.05, 4.69) is 10.6 Å². The molecule has 2 aliphatic rings. The van der Waals surface area contributed by atoms with Gasteiger partial charge in [-0.1, -0.05) is 31.4 Å². The van der Waals surface area contributed by atoms with E-state index in [0.29, 0.717) is 31.2 Å². The number of hydrogen-bond acceptors (Lipinski definition) is 6. The SMILES string of the molecule is COc1ccc(CNC(=O)C(CSCC2CCCCC2)NC(=O)C2CCCN2C(=O)OC(C)(C)C)cc1. The van der Waals surface area contributed by atoms with E-state index in [-0.39, 0.29) is 11.8 Å². The van der Waals surface area contributed by atoms with Gasteiger partial charge in [-0.25, -0.2) is 4.79 Å². The van der Waals surface area contributed by atoms with E-state index in [1.54, 1.807) is 18.9 Å². The molecule has 37 heavy (non-hydrogen) atoms. The molecule has 2 atom stereocenters. The van der Waals surface area contributed by atoms with E-state index in [0.717, 1.165) is 23.5 Å². The highest BCUT2D eigenvalue weighted by molar-refractivity contribution is 7.99. The minimum atomic E-state index is -0.680. The van der Waals surface area contributed by atoms with Crippen molar-refractivity contribution in [2.45, 2.75) is 89.9 Å². The number of rotatable bonds is 10. The molecular weight excluding hydrogens is 490 g/mol. The lowest BCUT2D eigenvalue weighted by molar-refractivity contribution is -0.130. The molecule has 0 bridgehead atoms. The molecule has 206 valence electrons. The fourth-order valence-corrected chi connectivity index (χ4v) is 6.06. The van der Waals surface area contributed by atoms with Crippen LogP contribution in [0.2, 0.25) is 0 Å². The zero-order chi connectivity index (χ0) is 26.8. The van der Waals surface area contributed by atoms with Crippen LogP contribution >= 0.6 is 11.8 Å². The summed E-state index contributed by atoms with van der Waals surface area (Å²) in [5.74, 6) is 2.40. The number of methoxy groups -OCH3 is 1. The first-order chi connectivity index (χ1) is 17.7. The molecule has 0 spiro atoms. The summed E-state index contributed by atoms with van der Waals surface area (Å²) in [6.45, 7) is 6.25. The van der Waals surface area contributed by atoms with Gasteiger partial charge in [0.05, 0.1) is 7.11 Å². The summed E-state index contributed by atoms with van der Waals surface area (Å²) in [5, 5.41) is 5.93. The van der Waals surface area contributed by atoms with E-state index < -0.39 is 23.8 Å². The Bertz CT molecular complexity index is 896. The predicted molar refractivity (Wildman–Crippen MR) is 147 cm³/mol.